The highest BCUT2D eigenvalue weighted by Crippen LogP contribution is 2.34. The van der Waals surface area contributed by atoms with Crippen LogP contribution in [-0.4, -0.2) is 54.2 Å². The van der Waals surface area contributed by atoms with Crippen LogP contribution >= 0.6 is 0 Å². The molecule has 3 heterocycles. The van der Waals surface area contributed by atoms with Gasteiger partial charge in [0, 0.05) is 42.0 Å². The topological polar surface area (TPSA) is 94.3 Å². The normalized spacial score (nSPS) is 16.3. The number of piperidine rings is 1. The minimum absolute atomic E-state index is 0.0330. The number of rotatable bonds is 5. The SMILES string of the molecule is CS(=O)(=O)N1CCC(n2cc(-c3cn(S(=O)(=O)c4ccccc4)c4cc(F)ccc34)cn2)CC1. The summed E-state index contributed by atoms with van der Waals surface area (Å²) in [5.41, 5.74) is 1.56. The molecule has 0 bridgehead atoms. The molecular weight excluding hydrogens is 479 g/mol. The number of sulfonamides is 1. The summed E-state index contributed by atoms with van der Waals surface area (Å²) in [6.07, 6.45) is 7.45. The highest BCUT2D eigenvalue weighted by atomic mass is 32.2. The van der Waals surface area contributed by atoms with Crippen molar-refractivity contribution in [3.63, 3.8) is 0 Å². The summed E-state index contributed by atoms with van der Waals surface area (Å²) >= 11 is 0. The first kappa shape index (κ1) is 22.8. The van der Waals surface area contributed by atoms with Crippen molar-refractivity contribution in [1.29, 1.82) is 0 Å². The van der Waals surface area contributed by atoms with Gasteiger partial charge in [-0.15, -0.1) is 0 Å². The average Bonchev–Trinajstić information content (AvgIpc) is 3.44. The van der Waals surface area contributed by atoms with Gasteiger partial charge in [0.2, 0.25) is 10.0 Å². The van der Waals surface area contributed by atoms with Gasteiger partial charge in [0.1, 0.15) is 5.82 Å². The molecule has 2 aromatic heterocycles. The molecule has 1 fully saturated rings. The Bertz CT molecular complexity index is 1570. The lowest BCUT2D eigenvalue weighted by atomic mass is 10.1. The molecule has 11 heteroatoms. The van der Waals surface area contributed by atoms with Crippen molar-refractivity contribution in [3.05, 3.63) is 72.9 Å². The summed E-state index contributed by atoms with van der Waals surface area (Å²) < 4.78 is 68.7. The van der Waals surface area contributed by atoms with E-state index in [1.54, 1.807) is 35.1 Å². The van der Waals surface area contributed by atoms with Crippen molar-refractivity contribution in [2.75, 3.05) is 19.3 Å². The molecule has 1 aliphatic heterocycles. The molecule has 0 saturated carbocycles. The summed E-state index contributed by atoms with van der Waals surface area (Å²) in [4.78, 5) is 0.107. The van der Waals surface area contributed by atoms with E-state index in [0.717, 1.165) is 3.97 Å². The highest BCUT2D eigenvalue weighted by molar-refractivity contribution is 7.90. The monoisotopic (exact) mass is 502 g/mol. The first-order valence-corrected chi connectivity index (χ1v) is 14.0. The van der Waals surface area contributed by atoms with Gasteiger partial charge < -0.3 is 0 Å². The predicted octanol–water partition coefficient (Wildman–Crippen LogP) is 3.48. The molecule has 178 valence electrons. The van der Waals surface area contributed by atoms with Crippen LogP contribution in [0.25, 0.3) is 22.0 Å². The van der Waals surface area contributed by atoms with Crippen molar-refractivity contribution in [2.45, 2.75) is 23.8 Å². The first-order chi connectivity index (χ1) is 16.1. The number of halogens is 1. The number of fused-ring (bicyclic) bond motifs is 1. The smallest absolute Gasteiger partial charge is 0.268 e. The Labute approximate surface area is 197 Å². The molecule has 0 radical (unpaired) electrons. The van der Waals surface area contributed by atoms with Gasteiger partial charge in [0.05, 0.1) is 28.9 Å². The third-order valence-corrected chi connectivity index (χ3v) is 9.20. The Morgan fingerprint density at radius 2 is 1.68 bits per heavy atom. The van der Waals surface area contributed by atoms with E-state index in [9.17, 15) is 21.2 Å². The fourth-order valence-corrected chi connectivity index (χ4v) is 6.68. The minimum atomic E-state index is -3.94. The summed E-state index contributed by atoms with van der Waals surface area (Å²) in [7, 11) is -7.16. The summed E-state index contributed by atoms with van der Waals surface area (Å²) in [5, 5.41) is 5.06. The molecule has 0 aliphatic carbocycles. The van der Waals surface area contributed by atoms with Crippen molar-refractivity contribution in [3.8, 4) is 11.1 Å². The maximum absolute atomic E-state index is 14.1. The van der Waals surface area contributed by atoms with Gasteiger partial charge in [-0.05, 0) is 43.2 Å². The molecule has 5 rings (SSSR count). The highest BCUT2D eigenvalue weighted by Gasteiger charge is 2.27. The Morgan fingerprint density at radius 3 is 2.35 bits per heavy atom. The Morgan fingerprint density at radius 1 is 0.971 bits per heavy atom. The van der Waals surface area contributed by atoms with Crippen LogP contribution in [0.3, 0.4) is 0 Å². The molecule has 34 heavy (non-hydrogen) atoms. The second kappa shape index (κ2) is 8.33. The van der Waals surface area contributed by atoms with Crippen LogP contribution in [0, 0.1) is 5.82 Å². The zero-order valence-corrected chi connectivity index (χ0v) is 20.0. The van der Waals surface area contributed by atoms with E-state index >= 15 is 0 Å². The molecule has 4 aromatic rings. The molecule has 0 N–H and O–H groups in total. The molecule has 0 unspecified atom stereocenters. The van der Waals surface area contributed by atoms with Crippen LogP contribution in [0.4, 0.5) is 4.39 Å². The first-order valence-electron chi connectivity index (χ1n) is 10.8. The van der Waals surface area contributed by atoms with E-state index in [4.69, 9.17) is 0 Å². The standard InChI is InChI=1S/C23H23FN4O4S2/c1-33(29,30)26-11-9-19(10-12-26)27-15-17(14-25-27)22-16-28(23-13-18(24)7-8-21(22)23)34(31,32)20-5-3-2-4-6-20/h2-8,13-16,19H,9-12H2,1H3. The van der Waals surface area contributed by atoms with E-state index < -0.39 is 25.9 Å². The Kier molecular flexibility index (Phi) is 5.58. The molecule has 0 amide bonds. The number of nitrogens with zero attached hydrogens (tertiary/aromatic N) is 4. The number of hydrogen-bond acceptors (Lipinski definition) is 5. The molecule has 1 saturated heterocycles. The van der Waals surface area contributed by atoms with Crippen LogP contribution in [-0.2, 0) is 20.0 Å². The minimum Gasteiger partial charge on any atom is -0.269 e. The zero-order chi connectivity index (χ0) is 24.1. The third kappa shape index (κ3) is 4.04. The van der Waals surface area contributed by atoms with E-state index in [-0.39, 0.29) is 16.5 Å². The number of benzene rings is 2. The van der Waals surface area contributed by atoms with E-state index in [1.165, 1.54) is 41.0 Å². The third-order valence-electron chi connectivity index (χ3n) is 6.21. The quantitative estimate of drug-likeness (QED) is 0.417. The largest absolute Gasteiger partial charge is 0.269 e. The molecule has 2 aromatic carbocycles. The summed E-state index contributed by atoms with van der Waals surface area (Å²) in [5.74, 6) is -0.532. The van der Waals surface area contributed by atoms with E-state index in [2.05, 4.69) is 5.10 Å². The lowest BCUT2D eigenvalue weighted by Crippen LogP contribution is -2.38. The molecule has 0 atom stereocenters. The van der Waals surface area contributed by atoms with Gasteiger partial charge in [0.25, 0.3) is 10.0 Å². The van der Waals surface area contributed by atoms with Crippen LogP contribution in [0.15, 0.2) is 72.0 Å². The fourth-order valence-electron chi connectivity index (χ4n) is 4.42. The van der Waals surface area contributed by atoms with Gasteiger partial charge in [-0.1, -0.05) is 18.2 Å². The summed E-state index contributed by atoms with van der Waals surface area (Å²) in [6, 6.07) is 12.1. The average molecular weight is 503 g/mol. The van der Waals surface area contributed by atoms with Crippen molar-refractivity contribution >= 4 is 30.9 Å². The van der Waals surface area contributed by atoms with Gasteiger partial charge in [-0.2, -0.15) is 5.10 Å². The van der Waals surface area contributed by atoms with Gasteiger partial charge in [0.15, 0.2) is 0 Å². The second-order valence-electron chi connectivity index (χ2n) is 8.42. The van der Waals surface area contributed by atoms with Crippen molar-refractivity contribution < 1.29 is 21.2 Å². The van der Waals surface area contributed by atoms with Crippen LogP contribution in [0.5, 0.6) is 0 Å². The predicted molar refractivity (Wildman–Crippen MR) is 127 cm³/mol. The number of hydrogen-bond donors (Lipinski definition) is 0. The van der Waals surface area contributed by atoms with E-state index in [0.29, 0.717) is 42.4 Å². The van der Waals surface area contributed by atoms with Gasteiger partial charge in [-0.25, -0.2) is 29.5 Å². The molecule has 8 nitrogen and oxygen atoms in total. The van der Waals surface area contributed by atoms with Gasteiger partial charge in [-0.3, -0.25) is 4.68 Å². The maximum Gasteiger partial charge on any atom is 0.268 e. The lowest BCUT2D eigenvalue weighted by molar-refractivity contribution is 0.262. The maximum atomic E-state index is 14.1. The Balaban J connectivity index is 1.53. The van der Waals surface area contributed by atoms with Crippen LogP contribution in [0.2, 0.25) is 0 Å². The second-order valence-corrected chi connectivity index (χ2v) is 12.2. The van der Waals surface area contributed by atoms with Crippen molar-refractivity contribution in [1.82, 2.24) is 18.1 Å². The Hall–Kier alpha value is -3.02. The van der Waals surface area contributed by atoms with Crippen LogP contribution < -0.4 is 0 Å². The van der Waals surface area contributed by atoms with Crippen molar-refractivity contribution in [2.24, 2.45) is 0 Å². The molecular formula is C23H23FN4O4S2. The van der Waals surface area contributed by atoms with Gasteiger partial charge >= 0.3 is 0 Å². The summed E-state index contributed by atoms with van der Waals surface area (Å²) in [6.45, 7) is 0.846. The fraction of sp³-hybridized carbons (Fsp3) is 0.261. The number of aromatic nitrogens is 3. The molecule has 1 aliphatic rings. The van der Waals surface area contributed by atoms with Crippen LogP contribution in [0.1, 0.15) is 18.9 Å². The zero-order valence-electron chi connectivity index (χ0n) is 18.4. The van der Waals surface area contributed by atoms with E-state index in [1.807, 2.05) is 6.20 Å². The lowest BCUT2D eigenvalue weighted by Gasteiger charge is -2.30. The molecule has 0 spiro atoms.